The van der Waals surface area contributed by atoms with Crippen LogP contribution in [0.2, 0.25) is 0 Å². The van der Waals surface area contributed by atoms with Crippen LogP contribution < -0.4 is 5.73 Å². The normalized spacial score (nSPS) is 43.7. The second kappa shape index (κ2) is 2.62. The molecule has 4 N–H and O–H groups in total. The van der Waals surface area contributed by atoms with E-state index in [0.717, 1.165) is 0 Å². The van der Waals surface area contributed by atoms with Crippen molar-refractivity contribution in [1.29, 1.82) is 0 Å². The molecule has 0 saturated carbocycles. The highest BCUT2D eigenvalue weighted by Crippen LogP contribution is 2.15. The summed E-state index contributed by atoms with van der Waals surface area (Å²) in [6.07, 6.45) is -0.734. The van der Waals surface area contributed by atoms with Crippen LogP contribution in [0.5, 0.6) is 0 Å². The maximum atomic E-state index is 8.79. The Morgan fingerprint density at radius 3 is 2.56 bits per heavy atom. The lowest BCUT2D eigenvalue weighted by molar-refractivity contribution is -0.102. The molecule has 1 heterocycles. The Morgan fingerprint density at radius 2 is 2.33 bits per heavy atom. The van der Waals surface area contributed by atoms with E-state index in [4.69, 9.17) is 20.7 Å². The van der Waals surface area contributed by atoms with Gasteiger partial charge in [0, 0.05) is 12.5 Å². The van der Waals surface area contributed by atoms with E-state index in [2.05, 4.69) is 0 Å². The summed E-state index contributed by atoms with van der Waals surface area (Å²) < 4.78 is 4.80. The van der Waals surface area contributed by atoms with Crippen molar-refractivity contribution in [3.05, 3.63) is 0 Å². The Morgan fingerprint density at radius 1 is 1.67 bits per heavy atom. The fourth-order valence-corrected chi connectivity index (χ4v) is 0.921. The number of aliphatic hydroxyl groups excluding tert-OH is 2. The molecular formula is C5H11NO3. The second-order valence-electron chi connectivity index (χ2n) is 2.21. The predicted octanol–water partition coefficient (Wildman–Crippen LogP) is -1.59. The van der Waals surface area contributed by atoms with Crippen LogP contribution in [0.4, 0.5) is 0 Å². The molecule has 0 aromatic heterocycles. The topological polar surface area (TPSA) is 75.7 Å². The minimum atomic E-state index is -0.780. The van der Waals surface area contributed by atoms with Gasteiger partial charge in [0.05, 0.1) is 12.7 Å². The molecule has 0 spiro atoms. The van der Waals surface area contributed by atoms with Gasteiger partial charge >= 0.3 is 0 Å². The van der Waals surface area contributed by atoms with Gasteiger partial charge in [0.25, 0.3) is 0 Å². The SMILES string of the molecule is NC1C[C@H](O)O[C@@H]1CO. The zero-order valence-electron chi connectivity index (χ0n) is 5.03. The van der Waals surface area contributed by atoms with Crippen LogP contribution in [0, 0.1) is 0 Å². The van der Waals surface area contributed by atoms with Crippen molar-refractivity contribution < 1.29 is 14.9 Å². The smallest absolute Gasteiger partial charge is 0.156 e. The summed E-state index contributed by atoms with van der Waals surface area (Å²) in [6, 6.07) is -0.218. The van der Waals surface area contributed by atoms with Gasteiger partial charge in [-0.1, -0.05) is 0 Å². The van der Waals surface area contributed by atoms with Crippen LogP contribution in [0.1, 0.15) is 6.42 Å². The molecule has 3 atom stereocenters. The molecule has 1 saturated heterocycles. The van der Waals surface area contributed by atoms with Crippen molar-refractivity contribution in [2.45, 2.75) is 24.9 Å². The van der Waals surface area contributed by atoms with Crippen molar-refractivity contribution in [2.24, 2.45) is 5.73 Å². The van der Waals surface area contributed by atoms with Gasteiger partial charge in [-0.25, -0.2) is 0 Å². The quantitative estimate of drug-likeness (QED) is 0.403. The standard InChI is InChI=1S/C5H11NO3/c6-3-1-5(8)9-4(3)2-7/h3-5,7-8H,1-2,6H2/t3?,4-,5-/m1/s1. The summed E-state index contributed by atoms with van der Waals surface area (Å²) in [6.45, 7) is -0.113. The van der Waals surface area contributed by atoms with E-state index in [9.17, 15) is 0 Å². The first-order valence-electron chi connectivity index (χ1n) is 2.94. The molecule has 1 aliphatic rings. The van der Waals surface area contributed by atoms with Crippen LogP contribution >= 0.6 is 0 Å². The molecule has 1 rings (SSSR count). The van der Waals surface area contributed by atoms with Gasteiger partial charge < -0.3 is 20.7 Å². The van der Waals surface area contributed by atoms with E-state index in [-0.39, 0.29) is 18.8 Å². The molecule has 4 heteroatoms. The van der Waals surface area contributed by atoms with Crippen molar-refractivity contribution in [3.8, 4) is 0 Å². The van der Waals surface area contributed by atoms with Crippen molar-refractivity contribution >= 4 is 0 Å². The van der Waals surface area contributed by atoms with E-state index >= 15 is 0 Å². The highest BCUT2D eigenvalue weighted by molar-refractivity contribution is 4.79. The number of hydrogen-bond acceptors (Lipinski definition) is 4. The molecular weight excluding hydrogens is 122 g/mol. The third-order valence-electron chi connectivity index (χ3n) is 1.46. The zero-order valence-corrected chi connectivity index (χ0v) is 5.03. The molecule has 0 aromatic carbocycles. The summed E-state index contributed by atoms with van der Waals surface area (Å²) in [4.78, 5) is 0. The van der Waals surface area contributed by atoms with Crippen LogP contribution in [-0.2, 0) is 4.74 Å². The predicted molar refractivity (Wildman–Crippen MR) is 30.6 cm³/mol. The monoisotopic (exact) mass is 133 g/mol. The van der Waals surface area contributed by atoms with Crippen molar-refractivity contribution in [1.82, 2.24) is 0 Å². The third-order valence-corrected chi connectivity index (χ3v) is 1.46. The fraction of sp³-hybridized carbons (Fsp3) is 1.00. The molecule has 1 fully saturated rings. The molecule has 9 heavy (non-hydrogen) atoms. The van der Waals surface area contributed by atoms with Gasteiger partial charge in [0.1, 0.15) is 0 Å². The number of aliphatic hydroxyl groups is 2. The average molecular weight is 133 g/mol. The highest BCUT2D eigenvalue weighted by atomic mass is 16.6. The Labute approximate surface area is 53.2 Å². The first-order valence-corrected chi connectivity index (χ1v) is 2.94. The molecule has 0 amide bonds. The van der Waals surface area contributed by atoms with Crippen LogP contribution in [0.15, 0.2) is 0 Å². The second-order valence-corrected chi connectivity index (χ2v) is 2.21. The lowest BCUT2D eigenvalue weighted by Crippen LogP contribution is -2.32. The Balaban J connectivity index is 2.38. The summed E-state index contributed by atoms with van der Waals surface area (Å²) in [7, 11) is 0. The molecule has 0 radical (unpaired) electrons. The van der Waals surface area contributed by atoms with Crippen LogP contribution in [0.25, 0.3) is 0 Å². The van der Waals surface area contributed by atoms with Gasteiger partial charge in [-0.2, -0.15) is 0 Å². The first kappa shape index (κ1) is 6.95. The number of nitrogens with two attached hydrogens (primary N) is 1. The van der Waals surface area contributed by atoms with Crippen LogP contribution in [-0.4, -0.2) is 35.3 Å². The molecule has 1 aliphatic heterocycles. The highest BCUT2D eigenvalue weighted by Gasteiger charge is 2.30. The van der Waals surface area contributed by atoms with E-state index in [0.29, 0.717) is 6.42 Å². The lowest BCUT2D eigenvalue weighted by Gasteiger charge is -2.08. The average Bonchev–Trinajstić information content (AvgIpc) is 2.10. The summed E-state index contributed by atoms with van der Waals surface area (Å²) >= 11 is 0. The van der Waals surface area contributed by atoms with E-state index in [1.807, 2.05) is 0 Å². The Hall–Kier alpha value is -0.160. The van der Waals surface area contributed by atoms with E-state index in [1.165, 1.54) is 0 Å². The van der Waals surface area contributed by atoms with Crippen molar-refractivity contribution in [3.63, 3.8) is 0 Å². The molecule has 0 bridgehead atoms. The summed E-state index contributed by atoms with van der Waals surface area (Å²) in [5.41, 5.74) is 5.43. The number of rotatable bonds is 1. The largest absolute Gasteiger partial charge is 0.394 e. The molecule has 54 valence electrons. The molecule has 0 aliphatic carbocycles. The zero-order chi connectivity index (χ0) is 6.85. The maximum Gasteiger partial charge on any atom is 0.156 e. The van der Waals surface area contributed by atoms with E-state index in [1.54, 1.807) is 0 Å². The van der Waals surface area contributed by atoms with Gasteiger partial charge in [-0.3, -0.25) is 0 Å². The number of ether oxygens (including phenoxy) is 1. The Bertz CT molecular complexity index is 98.2. The van der Waals surface area contributed by atoms with Gasteiger partial charge in [0.2, 0.25) is 0 Å². The van der Waals surface area contributed by atoms with Gasteiger partial charge in [-0.05, 0) is 0 Å². The minimum absolute atomic E-state index is 0.113. The van der Waals surface area contributed by atoms with Gasteiger partial charge in [0.15, 0.2) is 6.29 Å². The van der Waals surface area contributed by atoms with Gasteiger partial charge in [-0.15, -0.1) is 0 Å². The third kappa shape index (κ3) is 1.40. The molecule has 1 unspecified atom stereocenters. The number of hydrogen-bond donors (Lipinski definition) is 3. The Kier molecular flexibility index (Phi) is 2.02. The maximum absolute atomic E-state index is 8.79. The first-order chi connectivity index (χ1) is 4.24. The van der Waals surface area contributed by atoms with Crippen LogP contribution in [0.3, 0.4) is 0 Å². The molecule has 4 nitrogen and oxygen atoms in total. The fourth-order valence-electron chi connectivity index (χ4n) is 0.921. The van der Waals surface area contributed by atoms with Crippen molar-refractivity contribution in [2.75, 3.05) is 6.61 Å². The lowest BCUT2D eigenvalue weighted by atomic mass is 10.2. The minimum Gasteiger partial charge on any atom is -0.394 e. The summed E-state index contributed by atoms with van der Waals surface area (Å²) in [5.74, 6) is 0. The summed E-state index contributed by atoms with van der Waals surface area (Å²) in [5, 5.41) is 17.3. The molecule has 0 aromatic rings. The van der Waals surface area contributed by atoms with E-state index < -0.39 is 6.29 Å².